The number of carbonyl (C=O) groups excluding carboxylic acids is 1. The third kappa shape index (κ3) is 2.61. The Hall–Kier alpha value is -1.88. The van der Waals surface area contributed by atoms with Crippen LogP contribution in [0.25, 0.3) is 10.6 Å². The fourth-order valence-corrected chi connectivity index (χ4v) is 2.64. The maximum Gasteiger partial charge on any atom is 0.270 e. The van der Waals surface area contributed by atoms with Gasteiger partial charge in [0.2, 0.25) is 0 Å². The second kappa shape index (κ2) is 5.01. The van der Waals surface area contributed by atoms with Crippen LogP contribution in [0.3, 0.4) is 0 Å². The second-order valence-electron chi connectivity index (χ2n) is 4.49. The summed E-state index contributed by atoms with van der Waals surface area (Å²) in [7, 11) is 1.63. The second-order valence-corrected chi connectivity index (χ2v) is 5.34. The van der Waals surface area contributed by atoms with Crippen LogP contribution in [0, 0.1) is 0 Å². The summed E-state index contributed by atoms with van der Waals surface area (Å²) in [4.78, 5) is 16.3. The molecule has 1 aromatic carbocycles. The van der Waals surface area contributed by atoms with E-state index in [4.69, 9.17) is 4.74 Å². The molecule has 0 spiro atoms. The number of nitrogens with one attached hydrogen (secondary N) is 1. The number of benzene rings is 1. The van der Waals surface area contributed by atoms with Crippen LogP contribution in [0.2, 0.25) is 0 Å². The molecule has 0 bridgehead atoms. The Morgan fingerprint density at radius 3 is 2.95 bits per heavy atom. The molecule has 98 valence electrons. The quantitative estimate of drug-likeness (QED) is 0.932. The number of nitrogens with zero attached hydrogens (tertiary/aromatic N) is 1. The van der Waals surface area contributed by atoms with Crippen LogP contribution >= 0.6 is 11.3 Å². The Kier molecular flexibility index (Phi) is 3.21. The number of thiazole rings is 1. The van der Waals surface area contributed by atoms with E-state index in [1.165, 1.54) is 11.3 Å². The van der Waals surface area contributed by atoms with Gasteiger partial charge >= 0.3 is 0 Å². The van der Waals surface area contributed by atoms with Crippen molar-refractivity contribution in [1.29, 1.82) is 0 Å². The minimum absolute atomic E-state index is 0.0834. The van der Waals surface area contributed by atoms with Crippen LogP contribution in [0.4, 0.5) is 0 Å². The summed E-state index contributed by atoms with van der Waals surface area (Å²) in [6.45, 7) is 0. The van der Waals surface area contributed by atoms with Crippen LogP contribution in [0.15, 0.2) is 29.6 Å². The summed E-state index contributed by atoms with van der Waals surface area (Å²) in [5.74, 6) is 0.686. The Labute approximate surface area is 115 Å². The van der Waals surface area contributed by atoms with Crippen molar-refractivity contribution in [1.82, 2.24) is 10.3 Å². The first-order chi connectivity index (χ1) is 9.28. The lowest BCUT2D eigenvalue weighted by Crippen LogP contribution is -2.25. The van der Waals surface area contributed by atoms with Gasteiger partial charge in [-0.15, -0.1) is 11.3 Å². The van der Waals surface area contributed by atoms with E-state index in [-0.39, 0.29) is 5.91 Å². The van der Waals surface area contributed by atoms with Gasteiger partial charge in [-0.05, 0) is 25.0 Å². The molecule has 1 N–H and O–H groups in total. The summed E-state index contributed by atoms with van der Waals surface area (Å²) in [5, 5.41) is 5.53. The number of carbonyl (C=O) groups is 1. The summed E-state index contributed by atoms with van der Waals surface area (Å²) in [5.41, 5.74) is 1.40. The lowest BCUT2D eigenvalue weighted by atomic mass is 10.2. The van der Waals surface area contributed by atoms with E-state index in [0.717, 1.165) is 29.2 Å². The molecule has 5 heteroatoms. The third-order valence-electron chi connectivity index (χ3n) is 2.99. The molecule has 0 radical (unpaired) electrons. The SMILES string of the molecule is COc1ccccc1-c1nc(C(=O)NC2CC2)cs1. The molecule has 1 amide bonds. The molecule has 1 fully saturated rings. The minimum atomic E-state index is -0.0834. The molecule has 1 aliphatic carbocycles. The van der Waals surface area contributed by atoms with Crippen molar-refractivity contribution in [3.8, 4) is 16.3 Å². The van der Waals surface area contributed by atoms with Crippen molar-refractivity contribution in [3.05, 3.63) is 35.3 Å². The smallest absolute Gasteiger partial charge is 0.270 e. The zero-order valence-corrected chi connectivity index (χ0v) is 11.4. The fraction of sp³-hybridized carbons (Fsp3) is 0.286. The van der Waals surface area contributed by atoms with Gasteiger partial charge in [-0.25, -0.2) is 4.98 Å². The highest BCUT2D eigenvalue weighted by Crippen LogP contribution is 2.32. The average molecular weight is 274 g/mol. The molecule has 19 heavy (non-hydrogen) atoms. The molecule has 1 aromatic heterocycles. The van der Waals surface area contributed by atoms with Gasteiger partial charge in [0.1, 0.15) is 16.5 Å². The molecule has 1 aliphatic rings. The van der Waals surface area contributed by atoms with Crippen LogP contribution in [0.1, 0.15) is 23.3 Å². The number of hydrogen-bond donors (Lipinski definition) is 1. The van der Waals surface area contributed by atoms with E-state index in [0.29, 0.717) is 11.7 Å². The number of hydrogen-bond acceptors (Lipinski definition) is 4. The zero-order chi connectivity index (χ0) is 13.2. The van der Waals surface area contributed by atoms with Crippen molar-refractivity contribution >= 4 is 17.2 Å². The summed E-state index contributed by atoms with van der Waals surface area (Å²) in [6, 6.07) is 8.03. The maximum absolute atomic E-state index is 11.9. The average Bonchev–Trinajstić information content (AvgIpc) is 3.11. The lowest BCUT2D eigenvalue weighted by Gasteiger charge is -2.04. The molecular formula is C14H14N2O2S. The topological polar surface area (TPSA) is 51.2 Å². The van der Waals surface area contributed by atoms with Crippen LogP contribution in [0.5, 0.6) is 5.75 Å². The third-order valence-corrected chi connectivity index (χ3v) is 3.86. The summed E-state index contributed by atoms with van der Waals surface area (Å²) >= 11 is 1.46. The van der Waals surface area contributed by atoms with Gasteiger partial charge in [-0.1, -0.05) is 12.1 Å². The molecule has 0 atom stereocenters. The van der Waals surface area contributed by atoms with Crippen molar-refractivity contribution < 1.29 is 9.53 Å². The van der Waals surface area contributed by atoms with Crippen LogP contribution < -0.4 is 10.1 Å². The Morgan fingerprint density at radius 1 is 1.42 bits per heavy atom. The maximum atomic E-state index is 11.9. The van der Waals surface area contributed by atoms with Crippen molar-refractivity contribution in [3.63, 3.8) is 0 Å². The monoisotopic (exact) mass is 274 g/mol. The highest BCUT2D eigenvalue weighted by molar-refractivity contribution is 7.13. The minimum Gasteiger partial charge on any atom is -0.496 e. The molecule has 2 aromatic rings. The zero-order valence-electron chi connectivity index (χ0n) is 10.6. The van der Waals surface area contributed by atoms with Gasteiger partial charge in [0.05, 0.1) is 12.7 Å². The standard InChI is InChI=1S/C14H14N2O2S/c1-18-12-5-3-2-4-10(12)14-16-11(8-19-14)13(17)15-9-6-7-9/h2-5,8-9H,6-7H2,1H3,(H,15,17). The fourth-order valence-electron chi connectivity index (χ4n) is 1.81. The van der Waals surface area contributed by atoms with Gasteiger partial charge < -0.3 is 10.1 Å². The van der Waals surface area contributed by atoms with E-state index in [2.05, 4.69) is 10.3 Å². The Bertz CT molecular complexity index is 605. The number of methoxy groups -OCH3 is 1. The van der Waals surface area contributed by atoms with Crippen molar-refractivity contribution in [2.75, 3.05) is 7.11 Å². The van der Waals surface area contributed by atoms with Crippen molar-refractivity contribution in [2.24, 2.45) is 0 Å². The van der Waals surface area contributed by atoms with E-state index < -0.39 is 0 Å². The Balaban J connectivity index is 1.85. The van der Waals surface area contributed by atoms with E-state index in [9.17, 15) is 4.79 Å². The first-order valence-electron chi connectivity index (χ1n) is 6.17. The van der Waals surface area contributed by atoms with Gasteiger partial charge in [-0.2, -0.15) is 0 Å². The highest BCUT2D eigenvalue weighted by Gasteiger charge is 2.25. The van der Waals surface area contributed by atoms with Crippen molar-refractivity contribution in [2.45, 2.75) is 18.9 Å². The van der Waals surface area contributed by atoms with E-state index >= 15 is 0 Å². The van der Waals surface area contributed by atoms with Gasteiger partial charge in [0.15, 0.2) is 0 Å². The molecule has 3 rings (SSSR count). The molecular weight excluding hydrogens is 260 g/mol. The highest BCUT2D eigenvalue weighted by atomic mass is 32.1. The summed E-state index contributed by atoms with van der Waals surface area (Å²) < 4.78 is 5.31. The molecule has 0 aliphatic heterocycles. The van der Waals surface area contributed by atoms with E-state index in [1.807, 2.05) is 24.3 Å². The van der Waals surface area contributed by atoms with Crippen LogP contribution in [-0.2, 0) is 0 Å². The van der Waals surface area contributed by atoms with Gasteiger partial charge in [0, 0.05) is 11.4 Å². The molecule has 0 unspecified atom stereocenters. The number of para-hydroxylation sites is 1. The first kappa shape index (κ1) is 12.2. The van der Waals surface area contributed by atoms with Gasteiger partial charge in [-0.3, -0.25) is 4.79 Å². The normalized spacial score (nSPS) is 14.2. The van der Waals surface area contributed by atoms with Crippen LogP contribution in [-0.4, -0.2) is 24.0 Å². The summed E-state index contributed by atoms with van der Waals surface area (Å²) in [6.07, 6.45) is 2.16. The lowest BCUT2D eigenvalue weighted by molar-refractivity contribution is 0.0947. The van der Waals surface area contributed by atoms with E-state index in [1.54, 1.807) is 12.5 Å². The molecule has 1 heterocycles. The Morgan fingerprint density at radius 2 is 2.21 bits per heavy atom. The molecule has 0 saturated heterocycles. The number of amides is 1. The number of ether oxygens (including phenoxy) is 1. The predicted molar refractivity (Wildman–Crippen MR) is 74.6 cm³/mol. The first-order valence-corrected chi connectivity index (χ1v) is 7.05. The largest absolute Gasteiger partial charge is 0.496 e. The molecule has 4 nitrogen and oxygen atoms in total. The molecule has 1 saturated carbocycles. The predicted octanol–water partition coefficient (Wildman–Crippen LogP) is 2.71. The number of rotatable bonds is 4. The number of aromatic nitrogens is 1. The van der Waals surface area contributed by atoms with Gasteiger partial charge in [0.25, 0.3) is 5.91 Å².